The van der Waals surface area contributed by atoms with E-state index in [4.69, 9.17) is 0 Å². The van der Waals surface area contributed by atoms with Gasteiger partial charge in [-0.05, 0) is 42.9 Å². The molecule has 1 unspecified atom stereocenters. The summed E-state index contributed by atoms with van der Waals surface area (Å²) in [5.41, 5.74) is 3.31. The molecule has 1 heteroatoms. The molecule has 1 aromatic rings. The average Bonchev–Trinajstić information content (AvgIpc) is 2.27. The summed E-state index contributed by atoms with van der Waals surface area (Å²) >= 11 is 0. The molecule has 0 aliphatic heterocycles. The molecule has 102 valence electrons. The highest BCUT2D eigenvalue weighted by Crippen LogP contribution is 2.27. The molecule has 0 aliphatic rings. The molecule has 0 bridgehead atoms. The van der Waals surface area contributed by atoms with E-state index in [1.165, 1.54) is 30.4 Å². The first-order valence-electron chi connectivity index (χ1n) is 7.23. The van der Waals surface area contributed by atoms with E-state index >= 15 is 0 Å². The first kappa shape index (κ1) is 15.2. The van der Waals surface area contributed by atoms with Gasteiger partial charge >= 0.3 is 0 Å². The molecule has 0 aromatic heterocycles. The Balaban J connectivity index is 2.63. The summed E-state index contributed by atoms with van der Waals surface area (Å²) in [7, 11) is 0. The van der Waals surface area contributed by atoms with Crippen LogP contribution < -0.4 is 5.32 Å². The minimum atomic E-state index is 0.447. The van der Waals surface area contributed by atoms with Gasteiger partial charge in [0, 0.05) is 6.04 Å². The molecule has 0 heterocycles. The van der Waals surface area contributed by atoms with E-state index in [9.17, 15) is 0 Å². The Kier molecular flexibility index (Phi) is 5.87. The molecule has 0 spiro atoms. The van der Waals surface area contributed by atoms with Gasteiger partial charge in [0.15, 0.2) is 0 Å². The van der Waals surface area contributed by atoms with E-state index in [0.29, 0.717) is 11.5 Å². The summed E-state index contributed by atoms with van der Waals surface area (Å²) in [6, 6.07) is 9.26. The predicted octanol–water partition coefficient (Wildman–Crippen LogP) is 4.86. The van der Waals surface area contributed by atoms with Crippen molar-refractivity contribution in [3.63, 3.8) is 0 Å². The van der Waals surface area contributed by atoms with Crippen LogP contribution in [-0.4, -0.2) is 6.54 Å². The highest BCUT2D eigenvalue weighted by Gasteiger charge is 2.15. The standard InChI is InChI=1S/C17H29N/c1-6-18-16(12-9-13-17(3,4)5)15-11-8-7-10-14(15)2/h7-8,10-11,16,18H,6,9,12-13H2,1-5H3. The fraction of sp³-hybridized carbons (Fsp3) is 0.647. The largest absolute Gasteiger partial charge is 0.310 e. The maximum atomic E-state index is 3.63. The highest BCUT2D eigenvalue weighted by atomic mass is 14.9. The Bertz CT molecular complexity index is 349. The van der Waals surface area contributed by atoms with Crippen LogP contribution in [-0.2, 0) is 0 Å². The lowest BCUT2D eigenvalue weighted by atomic mass is 9.87. The van der Waals surface area contributed by atoms with Gasteiger partial charge in [-0.3, -0.25) is 0 Å². The number of hydrogen-bond acceptors (Lipinski definition) is 1. The van der Waals surface area contributed by atoms with Crippen molar-refractivity contribution in [1.82, 2.24) is 5.32 Å². The maximum Gasteiger partial charge on any atom is 0.0322 e. The van der Waals surface area contributed by atoms with E-state index in [1.54, 1.807) is 0 Å². The topological polar surface area (TPSA) is 12.0 Å². The predicted molar refractivity (Wildman–Crippen MR) is 80.9 cm³/mol. The zero-order valence-corrected chi connectivity index (χ0v) is 12.7. The van der Waals surface area contributed by atoms with Crippen molar-refractivity contribution in [2.24, 2.45) is 5.41 Å². The fourth-order valence-corrected chi connectivity index (χ4v) is 2.43. The van der Waals surface area contributed by atoms with Crippen LogP contribution in [0.3, 0.4) is 0 Å². The third kappa shape index (κ3) is 5.22. The Morgan fingerprint density at radius 1 is 1.17 bits per heavy atom. The van der Waals surface area contributed by atoms with Crippen molar-refractivity contribution in [1.29, 1.82) is 0 Å². The lowest BCUT2D eigenvalue weighted by Crippen LogP contribution is -2.22. The SMILES string of the molecule is CCNC(CCCC(C)(C)C)c1ccccc1C. The molecule has 1 nitrogen and oxygen atoms in total. The van der Waals surface area contributed by atoms with E-state index in [2.05, 4.69) is 64.2 Å². The second-order valence-corrected chi connectivity index (χ2v) is 6.42. The van der Waals surface area contributed by atoms with Crippen molar-refractivity contribution >= 4 is 0 Å². The van der Waals surface area contributed by atoms with E-state index in [-0.39, 0.29) is 0 Å². The summed E-state index contributed by atoms with van der Waals surface area (Å²) in [6.45, 7) is 12.4. The van der Waals surface area contributed by atoms with E-state index in [0.717, 1.165) is 6.54 Å². The molecule has 0 amide bonds. The number of benzene rings is 1. The van der Waals surface area contributed by atoms with Gasteiger partial charge in [-0.1, -0.05) is 58.4 Å². The normalized spacial score (nSPS) is 13.6. The lowest BCUT2D eigenvalue weighted by molar-refractivity contribution is 0.344. The van der Waals surface area contributed by atoms with Gasteiger partial charge < -0.3 is 5.32 Å². The summed E-state index contributed by atoms with van der Waals surface area (Å²) < 4.78 is 0. The molecule has 1 aromatic carbocycles. The molecule has 1 N–H and O–H groups in total. The summed E-state index contributed by atoms with van der Waals surface area (Å²) in [5.74, 6) is 0. The van der Waals surface area contributed by atoms with Crippen molar-refractivity contribution in [3.8, 4) is 0 Å². The van der Waals surface area contributed by atoms with Crippen LogP contribution in [0.2, 0.25) is 0 Å². The highest BCUT2D eigenvalue weighted by molar-refractivity contribution is 5.28. The van der Waals surface area contributed by atoms with Gasteiger partial charge in [-0.15, -0.1) is 0 Å². The number of aryl methyl sites for hydroxylation is 1. The van der Waals surface area contributed by atoms with Crippen LogP contribution in [0.1, 0.15) is 64.1 Å². The first-order valence-corrected chi connectivity index (χ1v) is 7.23. The molecule has 18 heavy (non-hydrogen) atoms. The summed E-state index contributed by atoms with van der Waals surface area (Å²) in [6.07, 6.45) is 3.81. The minimum absolute atomic E-state index is 0.447. The van der Waals surface area contributed by atoms with Gasteiger partial charge in [-0.25, -0.2) is 0 Å². The zero-order valence-electron chi connectivity index (χ0n) is 12.7. The summed E-state index contributed by atoms with van der Waals surface area (Å²) in [4.78, 5) is 0. The van der Waals surface area contributed by atoms with Crippen LogP contribution in [0.5, 0.6) is 0 Å². The lowest BCUT2D eigenvalue weighted by Gasteiger charge is -2.23. The molecule has 0 saturated carbocycles. The van der Waals surface area contributed by atoms with Crippen LogP contribution in [0, 0.1) is 12.3 Å². The third-order valence-corrected chi connectivity index (χ3v) is 3.43. The number of rotatable bonds is 6. The third-order valence-electron chi connectivity index (χ3n) is 3.43. The van der Waals surface area contributed by atoms with Crippen LogP contribution in [0.25, 0.3) is 0 Å². The van der Waals surface area contributed by atoms with E-state index in [1.807, 2.05) is 0 Å². The Labute approximate surface area is 113 Å². The molecule has 1 rings (SSSR count). The van der Waals surface area contributed by atoms with Gasteiger partial charge in [0.05, 0.1) is 0 Å². The van der Waals surface area contributed by atoms with Crippen molar-refractivity contribution in [2.45, 2.75) is 59.9 Å². The van der Waals surface area contributed by atoms with Gasteiger partial charge in [0.2, 0.25) is 0 Å². The summed E-state index contributed by atoms with van der Waals surface area (Å²) in [5, 5.41) is 3.63. The second-order valence-electron chi connectivity index (χ2n) is 6.42. The quantitative estimate of drug-likeness (QED) is 0.757. The van der Waals surface area contributed by atoms with Gasteiger partial charge in [0.25, 0.3) is 0 Å². The molecular formula is C17H29N. The van der Waals surface area contributed by atoms with Gasteiger partial charge in [0.1, 0.15) is 0 Å². The van der Waals surface area contributed by atoms with Crippen LogP contribution >= 0.6 is 0 Å². The average molecular weight is 247 g/mol. The molecule has 0 aliphatic carbocycles. The van der Waals surface area contributed by atoms with Gasteiger partial charge in [-0.2, -0.15) is 0 Å². The first-order chi connectivity index (χ1) is 8.44. The van der Waals surface area contributed by atoms with Crippen LogP contribution in [0.4, 0.5) is 0 Å². The molecule has 0 saturated heterocycles. The van der Waals surface area contributed by atoms with Crippen molar-refractivity contribution in [2.75, 3.05) is 6.54 Å². The molecular weight excluding hydrogens is 218 g/mol. The van der Waals surface area contributed by atoms with E-state index < -0.39 is 0 Å². The fourth-order valence-electron chi connectivity index (χ4n) is 2.43. The molecule has 0 fully saturated rings. The number of hydrogen-bond donors (Lipinski definition) is 1. The Morgan fingerprint density at radius 2 is 1.83 bits per heavy atom. The smallest absolute Gasteiger partial charge is 0.0322 e. The monoisotopic (exact) mass is 247 g/mol. The minimum Gasteiger partial charge on any atom is -0.310 e. The van der Waals surface area contributed by atoms with Crippen LogP contribution in [0.15, 0.2) is 24.3 Å². The second kappa shape index (κ2) is 6.94. The van der Waals surface area contributed by atoms with Crippen molar-refractivity contribution in [3.05, 3.63) is 35.4 Å². The van der Waals surface area contributed by atoms with Crippen molar-refractivity contribution < 1.29 is 0 Å². The molecule has 0 radical (unpaired) electrons. The molecule has 1 atom stereocenters. The Morgan fingerprint density at radius 3 is 2.39 bits per heavy atom. The maximum absolute atomic E-state index is 3.63. The number of nitrogens with one attached hydrogen (secondary N) is 1. The Hall–Kier alpha value is -0.820. The zero-order chi connectivity index (χ0) is 13.6.